The summed E-state index contributed by atoms with van der Waals surface area (Å²) in [6, 6.07) is 6.79. The standard InChI is InChI=1S/C15H16FNO/c1-9-6-10(2)14(13(16)7-9)15(18)12-4-5-17-11(3)8-12/h4-8,15,18H,1-3H3. The van der Waals surface area contributed by atoms with Gasteiger partial charge in [0.05, 0.1) is 0 Å². The van der Waals surface area contributed by atoms with Gasteiger partial charge in [-0.15, -0.1) is 0 Å². The lowest BCUT2D eigenvalue weighted by molar-refractivity contribution is 0.214. The van der Waals surface area contributed by atoms with E-state index in [1.807, 2.05) is 26.8 Å². The molecule has 0 aliphatic rings. The molecule has 18 heavy (non-hydrogen) atoms. The highest BCUT2D eigenvalue weighted by atomic mass is 19.1. The molecule has 1 N–H and O–H groups in total. The fourth-order valence-corrected chi connectivity index (χ4v) is 2.18. The van der Waals surface area contributed by atoms with Crippen molar-refractivity contribution in [3.63, 3.8) is 0 Å². The van der Waals surface area contributed by atoms with E-state index in [-0.39, 0.29) is 5.82 Å². The van der Waals surface area contributed by atoms with E-state index < -0.39 is 6.10 Å². The second-order valence-corrected chi connectivity index (χ2v) is 4.61. The topological polar surface area (TPSA) is 33.1 Å². The molecular weight excluding hydrogens is 229 g/mol. The van der Waals surface area contributed by atoms with Gasteiger partial charge in [0, 0.05) is 17.5 Å². The molecule has 0 aliphatic carbocycles. The molecule has 0 bridgehead atoms. The van der Waals surface area contributed by atoms with Crippen LogP contribution in [0, 0.1) is 26.6 Å². The van der Waals surface area contributed by atoms with Gasteiger partial charge in [-0.3, -0.25) is 4.98 Å². The van der Waals surface area contributed by atoms with Crippen LogP contribution in [0.1, 0.15) is 34.1 Å². The van der Waals surface area contributed by atoms with E-state index in [1.54, 1.807) is 18.3 Å². The summed E-state index contributed by atoms with van der Waals surface area (Å²) in [5.41, 5.74) is 3.41. The fraction of sp³-hybridized carbons (Fsp3) is 0.267. The second kappa shape index (κ2) is 4.86. The average Bonchev–Trinajstić information content (AvgIpc) is 2.27. The van der Waals surface area contributed by atoms with E-state index in [2.05, 4.69) is 4.98 Å². The Morgan fingerprint density at radius 3 is 2.50 bits per heavy atom. The molecule has 0 amide bonds. The molecular formula is C15H16FNO. The molecule has 0 saturated heterocycles. The first-order valence-electron chi connectivity index (χ1n) is 5.86. The quantitative estimate of drug-likeness (QED) is 0.881. The fourth-order valence-electron chi connectivity index (χ4n) is 2.18. The molecule has 2 nitrogen and oxygen atoms in total. The Labute approximate surface area is 106 Å². The number of hydrogen-bond acceptors (Lipinski definition) is 2. The molecule has 2 rings (SSSR count). The number of aliphatic hydroxyl groups excluding tert-OH is 1. The maximum atomic E-state index is 14.0. The normalized spacial score (nSPS) is 12.5. The smallest absolute Gasteiger partial charge is 0.129 e. The highest BCUT2D eigenvalue weighted by molar-refractivity contribution is 5.38. The Hall–Kier alpha value is -1.74. The zero-order valence-electron chi connectivity index (χ0n) is 10.7. The summed E-state index contributed by atoms with van der Waals surface area (Å²) < 4.78 is 14.0. The third-order valence-corrected chi connectivity index (χ3v) is 2.99. The van der Waals surface area contributed by atoms with Crippen LogP contribution in [-0.4, -0.2) is 10.1 Å². The summed E-state index contributed by atoms with van der Waals surface area (Å²) in [5.74, 6) is -0.366. The van der Waals surface area contributed by atoms with E-state index in [4.69, 9.17) is 0 Å². The van der Waals surface area contributed by atoms with Crippen LogP contribution in [-0.2, 0) is 0 Å². The van der Waals surface area contributed by atoms with Gasteiger partial charge in [0.1, 0.15) is 11.9 Å². The van der Waals surface area contributed by atoms with E-state index in [0.29, 0.717) is 11.1 Å². The van der Waals surface area contributed by atoms with Gasteiger partial charge in [-0.25, -0.2) is 4.39 Å². The van der Waals surface area contributed by atoms with E-state index >= 15 is 0 Å². The Morgan fingerprint density at radius 1 is 1.17 bits per heavy atom. The molecule has 1 unspecified atom stereocenters. The molecule has 0 aliphatic heterocycles. The third kappa shape index (κ3) is 2.41. The lowest BCUT2D eigenvalue weighted by atomic mass is 9.95. The Bertz CT molecular complexity index is 557. The molecule has 1 heterocycles. The predicted molar refractivity (Wildman–Crippen MR) is 68.9 cm³/mol. The second-order valence-electron chi connectivity index (χ2n) is 4.61. The van der Waals surface area contributed by atoms with Crippen LogP contribution < -0.4 is 0 Å². The van der Waals surface area contributed by atoms with Gasteiger partial charge >= 0.3 is 0 Å². The SMILES string of the molecule is Cc1cc(C)c(C(O)c2ccnc(C)c2)c(F)c1. The largest absolute Gasteiger partial charge is 0.384 e. The van der Waals surface area contributed by atoms with Crippen molar-refractivity contribution in [3.8, 4) is 0 Å². The Morgan fingerprint density at radius 2 is 1.89 bits per heavy atom. The zero-order chi connectivity index (χ0) is 13.3. The van der Waals surface area contributed by atoms with E-state index in [0.717, 1.165) is 16.8 Å². The minimum Gasteiger partial charge on any atom is -0.384 e. The first-order valence-corrected chi connectivity index (χ1v) is 5.86. The molecule has 0 spiro atoms. The lowest BCUT2D eigenvalue weighted by Crippen LogP contribution is -2.06. The summed E-state index contributed by atoms with van der Waals surface area (Å²) in [6.45, 7) is 5.49. The molecule has 0 fully saturated rings. The summed E-state index contributed by atoms with van der Waals surface area (Å²) in [6.07, 6.45) is 0.669. The highest BCUT2D eigenvalue weighted by Gasteiger charge is 2.18. The van der Waals surface area contributed by atoms with Crippen LogP contribution in [0.25, 0.3) is 0 Å². The maximum Gasteiger partial charge on any atom is 0.129 e. The van der Waals surface area contributed by atoms with Crippen molar-refractivity contribution < 1.29 is 9.50 Å². The first kappa shape index (κ1) is 12.7. The summed E-state index contributed by atoms with van der Waals surface area (Å²) in [4.78, 5) is 4.07. The van der Waals surface area contributed by atoms with E-state index in [1.165, 1.54) is 6.07 Å². The number of aliphatic hydroxyl groups is 1. The Kier molecular flexibility index (Phi) is 3.43. The molecule has 1 aromatic heterocycles. The number of benzene rings is 1. The van der Waals surface area contributed by atoms with Crippen molar-refractivity contribution >= 4 is 0 Å². The summed E-state index contributed by atoms with van der Waals surface area (Å²) in [7, 11) is 0. The monoisotopic (exact) mass is 245 g/mol. The lowest BCUT2D eigenvalue weighted by Gasteiger charge is -2.16. The first-order chi connectivity index (χ1) is 8.49. The van der Waals surface area contributed by atoms with Crippen LogP contribution in [0.4, 0.5) is 4.39 Å². The summed E-state index contributed by atoms with van der Waals surface area (Å²) in [5, 5.41) is 10.3. The number of nitrogens with zero attached hydrogens (tertiary/aromatic N) is 1. The van der Waals surface area contributed by atoms with Gasteiger partial charge in [0.25, 0.3) is 0 Å². The molecule has 1 atom stereocenters. The predicted octanol–water partition coefficient (Wildman–Crippen LogP) is 3.23. The maximum absolute atomic E-state index is 14.0. The highest BCUT2D eigenvalue weighted by Crippen LogP contribution is 2.28. The van der Waals surface area contributed by atoms with Crippen molar-refractivity contribution in [3.05, 3.63) is 64.2 Å². The average molecular weight is 245 g/mol. The minimum atomic E-state index is -0.952. The van der Waals surface area contributed by atoms with Crippen LogP contribution in [0.3, 0.4) is 0 Å². The van der Waals surface area contributed by atoms with Gasteiger partial charge in [0.2, 0.25) is 0 Å². The van der Waals surface area contributed by atoms with Gasteiger partial charge in [-0.05, 0) is 55.7 Å². The number of pyridine rings is 1. The van der Waals surface area contributed by atoms with Gasteiger partial charge in [-0.2, -0.15) is 0 Å². The van der Waals surface area contributed by atoms with E-state index in [9.17, 15) is 9.50 Å². The number of halogens is 1. The number of aromatic nitrogens is 1. The van der Waals surface area contributed by atoms with Crippen molar-refractivity contribution in [2.45, 2.75) is 26.9 Å². The summed E-state index contributed by atoms with van der Waals surface area (Å²) >= 11 is 0. The van der Waals surface area contributed by atoms with Gasteiger partial charge in [-0.1, -0.05) is 6.07 Å². The number of aryl methyl sites for hydroxylation is 3. The Balaban J connectivity index is 2.49. The number of hydrogen-bond donors (Lipinski definition) is 1. The third-order valence-electron chi connectivity index (χ3n) is 2.99. The minimum absolute atomic E-state index is 0.339. The van der Waals surface area contributed by atoms with Crippen LogP contribution in [0.15, 0.2) is 30.5 Å². The van der Waals surface area contributed by atoms with Gasteiger partial charge in [0.15, 0.2) is 0 Å². The number of rotatable bonds is 2. The molecule has 0 saturated carbocycles. The van der Waals surface area contributed by atoms with Crippen molar-refractivity contribution in [2.24, 2.45) is 0 Å². The van der Waals surface area contributed by atoms with Crippen molar-refractivity contribution in [2.75, 3.05) is 0 Å². The van der Waals surface area contributed by atoms with Crippen LogP contribution in [0.5, 0.6) is 0 Å². The molecule has 3 heteroatoms. The molecule has 2 aromatic rings. The molecule has 0 radical (unpaired) electrons. The van der Waals surface area contributed by atoms with Crippen molar-refractivity contribution in [1.29, 1.82) is 0 Å². The molecule has 94 valence electrons. The molecule has 1 aromatic carbocycles. The zero-order valence-corrected chi connectivity index (χ0v) is 10.7. The van der Waals surface area contributed by atoms with Gasteiger partial charge < -0.3 is 5.11 Å². The van der Waals surface area contributed by atoms with Crippen LogP contribution >= 0.6 is 0 Å². The van der Waals surface area contributed by atoms with Crippen molar-refractivity contribution in [1.82, 2.24) is 4.98 Å². The van der Waals surface area contributed by atoms with Crippen LogP contribution in [0.2, 0.25) is 0 Å².